The van der Waals surface area contributed by atoms with E-state index in [1.807, 2.05) is 39.0 Å². The first-order valence-corrected chi connectivity index (χ1v) is 20.4. The topological polar surface area (TPSA) is 203 Å². The normalized spacial score (nSPS) is 43.3. The van der Waals surface area contributed by atoms with Gasteiger partial charge in [0.2, 0.25) is 11.4 Å². The Labute approximate surface area is 329 Å². The van der Waals surface area contributed by atoms with Gasteiger partial charge in [0.15, 0.2) is 18.5 Å². The van der Waals surface area contributed by atoms with E-state index in [1.165, 1.54) is 7.11 Å². The Bertz CT molecular complexity index is 1420. The molecule has 0 aromatic carbocycles. The van der Waals surface area contributed by atoms with Gasteiger partial charge in [-0.05, 0) is 50.9 Å². The number of esters is 3. The third kappa shape index (κ3) is 10.5. The van der Waals surface area contributed by atoms with Gasteiger partial charge in [0.25, 0.3) is 0 Å². The van der Waals surface area contributed by atoms with Gasteiger partial charge in [-0.2, -0.15) is 0 Å². The molecule has 15 heteroatoms. The van der Waals surface area contributed by atoms with Crippen molar-refractivity contribution >= 4 is 23.7 Å². The molecule has 4 unspecified atom stereocenters. The van der Waals surface area contributed by atoms with Crippen LogP contribution in [0, 0.1) is 11.8 Å². The van der Waals surface area contributed by atoms with Gasteiger partial charge >= 0.3 is 17.9 Å². The van der Waals surface area contributed by atoms with E-state index in [1.54, 1.807) is 13.8 Å². The maximum Gasteiger partial charge on any atom is 0.345 e. The number of carbonyl (C=O) groups is 4. The summed E-state index contributed by atoms with van der Waals surface area (Å²) in [4.78, 5) is 52.4. The molecular weight excluding hydrogens is 732 g/mol. The van der Waals surface area contributed by atoms with Crippen LogP contribution >= 0.6 is 0 Å². The van der Waals surface area contributed by atoms with Crippen molar-refractivity contribution < 1.29 is 72.4 Å². The van der Waals surface area contributed by atoms with Crippen molar-refractivity contribution in [2.24, 2.45) is 11.8 Å². The molecule has 0 spiro atoms. The summed E-state index contributed by atoms with van der Waals surface area (Å²) in [6.45, 7) is 9.32. The van der Waals surface area contributed by atoms with Crippen molar-refractivity contribution in [2.45, 2.75) is 190 Å². The van der Waals surface area contributed by atoms with Crippen LogP contribution < -0.4 is 0 Å². The van der Waals surface area contributed by atoms with Crippen molar-refractivity contribution in [1.82, 2.24) is 0 Å². The highest BCUT2D eigenvalue weighted by Crippen LogP contribution is 2.40. The Morgan fingerprint density at radius 2 is 1.50 bits per heavy atom. The highest BCUT2D eigenvalue weighted by molar-refractivity contribution is 5.91. The number of ketones is 1. The lowest BCUT2D eigenvalue weighted by atomic mass is 9.83. The van der Waals surface area contributed by atoms with Crippen LogP contribution in [0.3, 0.4) is 0 Å². The van der Waals surface area contributed by atoms with Gasteiger partial charge in [0.1, 0.15) is 24.4 Å². The average molecular weight is 795 g/mol. The Hall–Kier alpha value is -2.76. The molecule has 5 aliphatic heterocycles. The highest BCUT2D eigenvalue weighted by atomic mass is 16.7. The number of allylic oxidation sites excluding steroid dienone is 3. The summed E-state index contributed by atoms with van der Waals surface area (Å²) in [5, 5.41) is 34.8. The van der Waals surface area contributed by atoms with Gasteiger partial charge in [-0.1, -0.05) is 52.0 Å². The molecule has 56 heavy (non-hydrogen) atoms. The van der Waals surface area contributed by atoms with Gasteiger partial charge in [-0.3, -0.25) is 14.4 Å². The van der Waals surface area contributed by atoms with Crippen molar-refractivity contribution in [3.05, 3.63) is 24.3 Å². The summed E-state index contributed by atoms with van der Waals surface area (Å²) < 4.78 is 47.6. The Morgan fingerprint density at radius 1 is 0.821 bits per heavy atom. The lowest BCUT2D eigenvalue weighted by Gasteiger charge is -2.43. The van der Waals surface area contributed by atoms with Crippen molar-refractivity contribution in [3.8, 4) is 0 Å². The molecule has 0 saturated carbocycles. The minimum absolute atomic E-state index is 0.00515. The number of fused-ring (bicyclic) bond motifs is 6. The minimum Gasteiger partial charge on any atom is -0.458 e. The predicted octanol–water partition coefficient (Wildman–Crippen LogP) is 3.17. The summed E-state index contributed by atoms with van der Waals surface area (Å²) >= 11 is 0. The number of carbonyl (C=O) groups excluding carboxylic acids is 4. The standard InChI is InChI=1S/C41H62O15/c1-7-12-33(43)55-32-20-27-19-26(52-39-37(49-6)35(45)36(24(5)50-39)56-34(44)13-8-2)18-25(51-27)16-22(3)14-10-9-11-15-29-23(4)17-30(53-29)28(42)21-31-38(46)41(32,48)40(47)54-31/h9-11,14,22-32,36-39,42,46,48H,7-8,12-13,15-21H2,1-6H3/b11-9-,14-10+/t22-,23-,24?,25+,26-,27+,28-,29-,30-,31-,32+,36?,37?,38+,39?,41+/m0/s1. The van der Waals surface area contributed by atoms with E-state index in [9.17, 15) is 34.5 Å². The fraction of sp³-hybridized carbons (Fsp3) is 0.805. The first-order valence-electron chi connectivity index (χ1n) is 20.4. The molecular formula is C41H62O15. The van der Waals surface area contributed by atoms with Gasteiger partial charge in [0.05, 0.1) is 36.6 Å². The second-order valence-electron chi connectivity index (χ2n) is 16.2. The molecule has 6 bridgehead atoms. The quantitative estimate of drug-likeness (QED) is 0.227. The Kier molecular flexibility index (Phi) is 15.7. The summed E-state index contributed by atoms with van der Waals surface area (Å²) in [6.07, 6.45) is -1.74. The molecule has 0 aromatic heterocycles. The SMILES string of the molecule is CCCC(=O)OC1C(=O)C(OC)C(O[C@@H]2C[C@@H]3C[C@@H](OC(=O)CCC)[C@]4(O)C(=O)O[C@@H](C[C@H](O)[C@@H]5C[C@H](C)[C@H](C/C=C\C=C\[C@H](C)C[C@H](C2)O3)O5)[C@H]4O)OC1C. The summed E-state index contributed by atoms with van der Waals surface area (Å²) in [5.74, 6) is -2.69. The third-order valence-corrected chi connectivity index (χ3v) is 11.6. The molecule has 5 rings (SSSR count). The Balaban J connectivity index is 1.43. The van der Waals surface area contributed by atoms with Gasteiger partial charge in [0, 0.05) is 45.6 Å². The van der Waals surface area contributed by atoms with E-state index in [-0.39, 0.29) is 50.0 Å². The number of aliphatic hydroxyl groups excluding tert-OH is 2. The van der Waals surface area contributed by atoms with Crippen LogP contribution in [0.1, 0.15) is 105 Å². The summed E-state index contributed by atoms with van der Waals surface area (Å²) in [5.41, 5.74) is -2.67. The number of rotatable bonds is 9. The largest absolute Gasteiger partial charge is 0.458 e. The maximum absolute atomic E-state index is 13.6. The predicted molar refractivity (Wildman–Crippen MR) is 198 cm³/mol. The van der Waals surface area contributed by atoms with Crippen LogP contribution in [0.2, 0.25) is 0 Å². The highest BCUT2D eigenvalue weighted by Gasteiger charge is 2.63. The maximum atomic E-state index is 13.6. The molecule has 0 radical (unpaired) electrons. The van der Waals surface area contributed by atoms with E-state index >= 15 is 0 Å². The molecule has 4 saturated heterocycles. The van der Waals surface area contributed by atoms with Crippen LogP contribution in [-0.4, -0.2) is 131 Å². The van der Waals surface area contributed by atoms with E-state index in [0.29, 0.717) is 38.5 Å². The van der Waals surface area contributed by atoms with Crippen LogP contribution in [0.4, 0.5) is 0 Å². The summed E-state index contributed by atoms with van der Waals surface area (Å²) in [6, 6.07) is 0. The zero-order chi connectivity index (χ0) is 40.7. The summed E-state index contributed by atoms with van der Waals surface area (Å²) in [7, 11) is 1.34. The third-order valence-electron chi connectivity index (χ3n) is 11.6. The van der Waals surface area contributed by atoms with Gasteiger partial charge in [-0.15, -0.1) is 0 Å². The fourth-order valence-electron chi connectivity index (χ4n) is 8.51. The molecule has 15 nitrogen and oxygen atoms in total. The number of ether oxygens (including phenoxy) is 8. The van der Waals surface area contributed by atoms with E-state index < -0.39 is 103 Å². The van der Waals surface area contributed by atoms with Crippen LogP contribution in [0.5, 0.6) is 0 Å². The van der Waals surface area contributed by atoms with E-state index in [2.05, 4.69) is 6.08 Å². The Morgan fingerprint density at radius 3 is 2.18 bits per heavy atom. The number of aliphatic hydroxyl groups is 3. The monoisotopic (exact) mass is 794 g/mol. The molecule has 0 aliphatic carbocycles. The van der Waals surface area contributed by atoms with Gasteiger partial charge < -0.3 is 53.2 Å². The minimum atomic E-state index is -2.67. The van der Waals surface area contributed by atoms with Crippen LogP contribution in [-0.2, 0) is 57.1 Å². The molecule has 5 aliphatic rings. The van der Waals surface area contributed by atoms with Crippen LogP contribution in [0.25, 0.3) is 0 Å². The van der Waals surface area contributed by atoms with E-state index in [0.717, 1.165) is 0 Å². The first-order chi connectivity index (χ1) is 26.7. The molecule has 0 aromatic rings. The number of methoxy groups -OCH3 is 1. The molecule has 16 atom stereocenters. The van der Waals surface area contributed by atoms with Crippen molar-refractivity contribution in [3.63, 3.8) is 0 Å². The zero-order valence-electron chi connectivity index (χ0n) is 33.5. The van der Waals surface area contributed by atoms with E-state index in [4.69, 9.17) is 37.9 Å². The lowest BCUT2D eigenvalue weighted by Crippen LogP contribution is -2.59. The van der Waals surface area contributed by atoms with Crippen molar-refractivity contribution in [2.75, 3.05) is 7.11 Å². The van der Waals surface area contributed by atoms with Crippen LogP contribution in [0.15, 0.2) is 24.3 Å². The molecule has 0 amide bonds. The molecule has 316 valence electrons. The zero-order valence-corrected chi connectivity index (χ0v) is 33.5. The second-order valence-corrected chi connectivity index (χ2v) is 16.2. The number of Topliss-reactive ketones (excluding diaryl/α,β-unsaturated/α-hetero) is 1. The average Bonchev–Trinajstić information content (AvgIpc) is 3.61. The fourth-order valence-corrected chi connectivity index (χ4v) is 8.51. The number of hydrogen-bond donors (Lipinski definition) is 3. The lowest BCUT2D eigenvalue weighted by molar-refractivity contribution is -0.278. The molecule has 4 fully saturated rings. The smallest absolute Gasteiger partial charge is 0.345 e. The van der Waals surface area contributed by atoms with Gasteiger partial charge in [-0.25, -0.2) is 4.79 Å². The molecule has 5 heterocycles. The number of hydrogen-bond acceptors (Lipinski definition) is 15. The first kappa shape index (κ1) is 44.3. The van der Waals surface area contributed by atoms with Crippen molar-refractivity contribution in [1.29, 1.82) is 0 Å². The second kappa shape index (κ2) is 19.8. The molecule has 3 N–H and O–H groups in total.